The Kier molecular flexibility index (Phi) is 4.95. The van der Waals surface area contributed by atoms with Crippen molar-refractivity contribution in [3.05, 3.63) is 53.6 Å². The van der Waals surface area contributed by atoms with Gasteiger partial charge in [0.15, 0.2) is 5.13 Å². The summed E-state index contributed by atoms with van der Waals surface area (Å²) in [5, 5.41) is 3.29. The van der Waals surface area contributed by atoms with Gasteiger partial charge in [-0.3, -0.25) is 4.79 Å². The van der Waals surface area contributed by atoms with E-state index < -0.39 is 5.97 Å². The van der Waals surface area contributed by atoms with E-state index >= 15 is 0 Å². The van der Waals surface area contributed by atoms with Crippen molar-refractivity contribution in [1.29, 1.82) is 0 Å². The van der Waals surface area contributed by atoms with E-state index in [1.54, 1.807) is 25.3 Å². The van der Waals surface area contributed by atoms with Gasteiger partial charge < -0.3 is 14.8 Å². The molecule has 0 aliphatic heterocycles. The number of aromatic nitrogens is 1. The quantitative estimate of drug-likeness (QED) is 0.710. The van der Waals surface area contributed by atoms with Gasteiger partial charge >= 0.3 is 5.97 Å². The first-order valence-corrected chi connectivity index (χ1v) is 8.32. The number of anilines is 1. The fourth-order valence-corrected chi connectivity index (χ4v) is 3.24. The second-order valence-electron chi connectivity index (χ2n) is 5.27. The van der Waals surface area contributed by atoms with Crippen molar-refractivity contribution in [1.82, 2.24) is 4.98 Å². The fraction of sp³-hybridized carbons (Fsp3) is 0.167. The number of fused-ring (bicyclic) bond motifs is 1. The Labute approximate surface area is 148 Å². The summed E-state index contributed by atoms with van der Waals surface area (Å²) in [5.41, 5.74) is 2.06. The molecule has 1 amide bonds. The molecule has 1 N–H and O–H groups in total. The molecule has 25 heavy (non-hydrogen) atoms. The number of methoxy groups -OCH3 is 2. The summed E-state index contributed by atoms with van der Waals surface area (Å²) in [4.78, 5) is 28.1. The Bertz CT molecular complexity index is 918. The van der Waals surface area contributed by atoms with E-state index in [2.05, 4.69) is 10.3 Å². The fourth-order valence-electron chi connectivity index (χ4n) is 2.32. The van der Waals surface area contributed by atoms with Gasteiger partial charge in [-0.2, -0.15) is 0 Å². The van der Waals surface area contributed by atoms with Crippen LogP contribution in [0.25, 0.3) is 10.2 Å². The van der Waals surface area contributed by atoms with Crippen LogP contribution in [0.1, 0.15) is 15.9 Å². The molecule has 0 saturated heterocycles. The average molecular weight is 356 g/mol. The van der Waals surface area contributed by atoms with Crippen LogP contribution < -0.4 is 10.1 Å². The highest BCUT2D eigenvalue weighted by Gasteiger charge is 2.11. The number of hydrogen-bond donors (Lipinski definition) is 1. The van der Waals surface area contributed by atoms with Crippen molar-refractivity contribution < 1.29 is 19.1 Å². The minimum Gasteiger partial charge on any atom is -0.497 e. The lowest BCUT2D eigenvalue weighted by atomic mass is 10.1. The Balaban J connectivity index is 1.71. The molecule has 1 aromatic heterocycles. The van der Waals surface area contributed by atoms with Crippen LogP contribution >= 0.6 is 11.3 Å². The summed E-state index contributed by atoms with van der Waals surface area (Å²) >= 11 is 1.31. The van der Waals surface area contributed by atoms with Crippen LogP contribution in [0.5, 0.6) is 5.75 Å². The summed E-state index contributed by atoms with van der Waals surface area (Å²) in [6.07, 6.45) is 0.243. The summed E-state index contributed by atoms with van der Waals surface area (Å²) in [6.45, 7) is 0. The zero-order chi connectivity index (χ0) is 17.8. The van der Waals surface area contributed by atoms with Gasteiger partial charge in [-0.25, -0.2) is 9.78 Å². The van der Waals surface area contributed by atoms with Gasteiger partial charge in [0.2, 0.25) is 5.91 Å². The van der Waals surface area contributed by atoms with Gasteiger partial charge in [-0.15, -0.1) is 0 Å². The summed E-state index contributed by atoms with van der Waals surface area (Å²) in [5.74, 6) is 0.189. The van der Waals surface area contributed by atoms with Gasteiger partial charge in [-0.05, 0) is 35.9 Å². The van der Waals surface area contributed by atoms with E-state index in [9.17, 15) is 9.59 Å². The molecule has 0 spiro atoms. The molecule has 0 fully saturated rings. The van der Waals surface area contributed by atoms with Gasteiger partial charge in [0, 0.05) is 0 Å². The number of benzene rings is 2. The number of esters is 1. The molecular formula is C18H16N2O4S. The third kappa shape index (κ3) is 3.95. The molecule has 2 aromatic carbocycles. The van der Waals surface area contributed by atoms with E-state index in [0.29, 0.717) is 10.7 Å². The first kappa shape index (κ1) is 16.9. The van der Waals surface area contributed by atoms with E-state index in [4.69, 9.17) is 9.47 Å². The number of thiazole rings is 1. The van der Waals surface area contributed by atoms with Crippen LogP contribution in [0.2, 0.25) is 0 Å². The first-order valence-electron chi connectivity index (χ1n) is 7.50. The Morgan fingerprint density at radius 2 is 1.88 bits per heavy atom. The van der Waals surface area contributed by atoms with Crippen molar-refractivity contribution in [2.45, 2.75) is 6.42 Å². The maximum atomic E-state index is 12.2. The molecule has 128 valence electrons. The molecule has 6 nitrogen and oxygen atoms in total. The highest BCUT2D eigenvalue weighted by molar-refractivity contribution is 7.22. The number of rotatable bonds is 5. The predicted octanol–water partition coefficient (Wildman–Crippen LogP) is 3.27. The lowest BCUT2D eigenvalue weighted by Crippen LogP contribution is -2.14. The molecule has 7 heteroatoms. The van der Waals surface area contributed by atoms with Crippen LogP contribution in [-0.2, 0) is 16.0 Å². The first-order chi connectivity index (χ1) is 12.1. The predicted molar refractivity (Wildman–Crippen MR) is 96.3 cm³/mol. The van der Waals surface area contributed by atoms with Crippen LogP contribution in [0.3, 0.4) is 0 Å². The normalized spacial score (nSPS) is 10.5. The van der Waals surface area contributed by atoms with Crippen LogP contribution in [0, 0.1) is 0 Å². The lowest BCUT2D eigenvalue weighted by molar-refractivity contribution is -0.115. The summed E-state index contributed by atoms with van der Waals surface area (Å²) < 4.78 is 10.6. The maximum absolute atomic E-state index is 12.2. The van der Waals surface area contributed by atoms with E-state index in [1.807, 2.05) is 24.3 Å². The van der Waals surface area contributed by atoms with Gasteiger partial charge in [-0.1, -0.05) is 23.5 Å². The molecule has 0 aliphatic carbocycles. The molecule has 0 atom stereocenters. The Morgan fingerprint density at radius 1 is 1.12 bits per heavy atom. The van der Waals surface area contributed by atoms with E-state index in [-0.39, 0.29) is 12.3 Å². The number of hydrogen-bond acceptors (Lipinski definition) is 6. The van der Waals surface area contributed by atoms with Crippen molar-refractivity contribution in [2.24, 2.45) is 0 Å². The largest absolute Gasteiger partial charge is 0.497 e. The second-order valence-corrected chi connectivity index (χ2v) is 6.30. The number of nitrogens with one attached hydrogen (secondary N) is 1. The highest BCUT2D eigenvalue weighted by atomic mass is 32.1. The van der Waals surface area contributed by atoms with Gasteiger partial charge in [0.1, 0.15) is 5.75 Å². The Hall–Kier alpha value is -2.93. The molecule has 0 aliphatic rings. The third-order valence-electron chi connectivity index (χ3n) is 3.58. The topological polar surface area (TPSA) is 77.5 Å². The number of carbonyl (C=O) groups excluding carboxylic acids is 2. The zero-order valence-electron chi connectivity index (χ0n) is 13.7. The molecule has 0 unspecified atom stereocenters. The molecule has 3 aromatic rings. The monoisotopic (exact) mass is 356 g/mol. The molecule has 0 bridgehead atoms. The number of carbonyl (C=O) groups is 2. The SMILES string of the molecule is COC(=O)c1ccc2nc(NC(=O)Cc3ccc(OC)cc3)sc2c1. The minimum atomic E-state index is -0.402. The van der Waals surface area contributed by atoms with E-state index in [1.165, 1.54) is 18.4 Å². The van der Waals surface area contributed by atoms with Crippen LogP contribution in [0.15, 0.2) is 42.5 Å². The molecule has 3 rings (SSSR count). The van der Waals surface area contributed by atoms with Gasteiger partial charge in [0.25, 0.3) is 0 Å². The van der Waals surface area contributed by atoms with E-state index in [0.717, 1.165) is 21.5 Å². The molecule has 1 heterocycles. The summed E-state index contributed by atoms with van der Waals surface area (Å²) in [6, 6.07) is 12.4. The van der Waals surface area contributed by atoms with Crippen molar-refractivity contribution in [3.8, 4) is 5.75 Å². The smallest absolute Gasteiger partial charge is 0.337 e. The average Bonchev–Trinajstić information content (AvgIpc) is 3.02. The minimum absolute atomic E-state index is 0.155. The van der Waals surface area contributed by atoms with Gasteiger partial charge in [0.05, 0.1) is 36.4 Å². The standard InChI is InChI=1S/C18H16N2O4S/c1-23-13-6-3-11(4-7-13)9-16(21)20-18-19-14-8-5-12(17(22)24-2)10-15(14)25-18/h3-8,10H,9H2,1-2H3,(H,19,20,21). The van der Waals surface area contributed by atoms with Crippen LogP contribution in [0.4, 0.5) is 5.13 Å². The summed E-state index contributed by atoms with van der Waals surface area (Å²) in [7, 11) is 2.93. The zero-order valence-corrected chi connectivity index (χ0v) is 14.6. The third-order valence-corrected chi connectivity index (χ3v) is 4.51. The van der Waals surface area contributed by atoms with Crippen molar-refractivity contribution in [3.63, 3.8) is 0 Å². The Morgan fingerprint density at radius 3 is 2.56 bits per heavy atom. The number of ether oxygens (including phenoxy) is 2. The van der Waals surface area contributed by atoms with Crippen molar-refractivity contribution in [2.75, 3.05) is 19.5 Å². The molecule has 0 saturated carbocycles. The second kappa shape index (κ2) is 7.31. The lowest BCUT2D eigenvalue weighted by Gasteiger charge is -2.03. The molecular weight excluding hydrogens is 340 g/mol. The number of amides is 1. The molecule has 0 radical (unpaired) electrons. The highest BCUT2D eigenvalue weighted by Crippen LogP contribution is 2.27. The van der Waals surface area contributed by atoms with Crippen molar-refractivity contribution >= 4 is 38.6 Å². The number of nitrogens with zero attached hydrogens (tertiary/aromatic N) is 1. The maximum Gasteiger partial charge on any atom is 0.337 e. The van der Waals surface area contributed by atoms with Crippen LogP contribution in [-0.4, -0.2) is 31.1 Å².